The van der Waals surface area contributed by atoms with E-state index in [4.69, 9.17) is 0 Å². The van der Waals surface area contributed by atoms with Crippen molar-refractivity contribution in [1.82, 2.24) is 9.78 Å². The molecule has 0 unspecified atom stereocenters. The van der Waals surface area contributed by atoms with Gasteiger partial charge in [0.2, 0.25) is 5.91 Å². The van der Waals surface area contributed by atoms with Crippen molar-refractivity contribution in [1.29, 1.82) is 0 Å². The number of anilines is 1. The topological polar surface area (TPSA) is 64.0 Å². The second-order valence-electron chi connectivity index (χ2n) is 5.32. The van der Waals surface area contributed by atoms with Gasteiger partial charge in [-0.25, -0.2) is 0 Å². The molecule has 5 nitrogen and oxygen atoms in total. The number of carbonyl (C=O) groups is 2. The largest absolute Gasteiger partial charge is 0.323 e. The van der Waals surface area contributed by atoms with E-state index in [0.29, 0.717) is 11.3 Å². The van der Waals surface area contributed by atoms with Gasteiger partial charge in [-0.3, -0.25) is 14.3 Å². The number of nitrogens with one attached hydrogen (secondary N) is 1. The molecular weight excluding hydrogens is 278 g/mol. The van der Waals surface area contributed by atoms with Crippen LogP contribution in [0.4, 0.5) is 5.69 Å². The summed E-state index contributed by atoms with van der Waals surface area (Å²) < 4.78 is 1.61. The molecule has 0 radical (unpaired) electrons. The highest BCUT2D eigenvalue weighted by atomic mass is 16.2. The number of benzene rings is 1. The molecule has 1 amide bonds. The molecule has 0 spiro atoms. The smallest absolute Gasteiger partial charge is 0.224 e. The number of Topliss-reactive ketones (excluding diaryl/α,β-unsaturated/α-hetero) is 1. The van der Waals surface area contributed by atoms with Gasteiger partial charge in [-0.2, -0.15) is 5.10 Å². The predicted molar refractivity (Wildman–Crippen MR) is 85.8 cm³/mol. The van der Waals surface area contributed by atoms with Crippen LogP contribution in [0.1, 0.15) is 42.1 Å². The zero-order valence-corrected chi connectivity index (χ0v) is 13.0. The Bertz CT molecular complexity index is 644. The van der Waals surface area contributed by atoms with Gasteiger partial charge in [0.05, 0.1) is 11.9 Å². The lowest BCUT2D eigenvalue weighted by atomic mass is 10.0. The second-order valence-corrected chi connectivity index (χ2v) is 5.32. The Balaban J connectivity index is 1.82. The van der Waals surface area contributed by atoms with Crippen molar-refractivity contribution in [2.24, 2.45) is 7.05 Å². The average molecular weight is 299 g/mol. The van der Waals surface area contributed by atoms with Gasteiger partial charge >= 0.3 is 0 Å². The Morgan fingerprint density at radius 2 is 1.91 bits per heavy atom. The molecular formula is C17H21N3O2. The van der Waals surface area contributed by atoms with Crippen LogP contribution in [0, 0.1) is 0 Å². The number of hydrogen-bond acceptors (Lipinski definition) is 3. The first-order valence-corrected chi connectivity index (χ1v) is 7.49. The van der Waals surface area contributed by atoms with Crippen molar-refractivity contribution in [2.45, 2.75) is 32.6 Å². The summed E-state index contributed by atoms with van der Waals surface area (Å²) in [7, 11) is 1.78. The lowest BCUT2D eigenvalue weighted by Crippen LogP contribution is -2.13. The van der Waals surface area contributed by atoms with Gasteiger partial charge in [-0.1, -0.05) is 37.6 Å². The molecule has 2 rings (SSSR count). The predicted octanol–water partition coefficient (Wildman–Crippen LogP) is 2.97. The highest BCUT2D eigenvalue weighted by molar-refractivity contribution is 5.99. The van der Waals surface area contributed by atoms with Crippen LogP contribution in [0.2, 0.25) is 0 Å². The molecule has 0 atom stereocenters. The fourth-order valence-corrected chi connectivity index (χ4v) is 2.23. The molecule has 0 aliphatic rings. The van der Waals surface area contributed by atoms with E-state index < -0.39 is 0 Å². The Hall–Kier alpha value is -2.43. The monoisotopic (exact) mass is 299 g/mol. The third-order valence-electron chi connectivity index (χ3n) is 3.38. The molecule has 5 heteroatoms. The van der Waals surface area contributed by atoms with Crippen LogP contribution >= 0.6 is 0 Å². The molecule has 1 aromatic heterocycles. The first-order chi connectivity index (χ1) is 10.6. The highest BCUT2D eigenvalue weighted by Crippen LogP contribution is 2.11. The average Bonchev–Trinajstić information content (AvgIpc) is 2.91. The third-order valence-corrected chi connectivity index (χ3v) is 3.38. The van der Waals surface area contributed by atoms with Gasteiger partial charge in [0.1, 0.15) is 0 Å². The Morgan fingerprint density at radius 3 is 2.50 bits per heavy atom. The molecule has 22 heavy (non-hydrogen) atoms. The van der Waals surface area contributed by atoms with E-state index >= 15 is 0 Å². The summed E-state index contributed by atoms with van der Waals surface area (Å²) in [6.45, 7) is 2.12. The number of hydrogen-bond donors (Lipinski definition) is 1. The molecule has 0 fully saturated rings. The van der Waals surface area contributed by atoms with E-state index in [-0.39, 0.29) is 24.5 Å². The van der Waals surface area contributed by atoms with Crippen molar-refractivity contribution < 1.29 is 9.59 Å². The van der Waals surface area contributed by atoms with Crippen LogP contribution < -0.4 is 5.32 Å². The zero-order chi connectivity index (χ0) is 15.9. The Morgan fingerprint density at radius 1 is 1.18 bits per heavy atom. The zero-order valence-electron chi connectivity index (χ0n) is 13.0. The Kier molecular flexibility index (Phi) is 5.47. The summed E-state index contributed by atoms with van der Waals surface area (Å²) in [5, 5.41) is 6.69. The fourth-order valence-electron chi connectivity index (χ4n) is 2.23. The maximum Gasteiger partial charge on any atom is 0.224 e. The van der Waals surface area contributed by atoms with Gasteiger partial charge < -0.3 is 5.32 Å². The molecule has 1 heterocycles. The van der Waals surface area contributed by atoms with E-state index in [1.165, 1.54) is 5.56 Å². The summed E-state index contributed by atoms with van der Waals surface area (Å²) in [6, 6.07) is 7.64. The van der Waals surface area contributed by atoms with Gasteiger partial charge in [0.15, 0.2) is 5.78 Å². The number of ketones is 1. The van der Waals surface area contributed by atoms with Crippen LogP contribution in [0.25, 0.3) is 0 Å². The Labute approximate surface area is 130 Å². The molecule has 0 aliphatic carbocycles. The van der Waals surface area contributed by atoms with Crippen LogP contribution in [-0.4, -0.2) is 21.5 Å². The second kappa shape index (κ2) is 7.54. The minimum Gasteiger partial charge on any atom is -0.323 e. The lowest BCUT2D eigenvalue weighted by molar-refractivity contribution is -0.116. The molecule has 1 N–H and O–H groups in total. The van der Waals surface area contributed by atoms with E-state index in [2.05, 4.69) is 17.3 Å². The number of amides is 1. The molecule has 1 aromatic carbocycles. The summed E-state index contributed by atoms with van der Waals surface area (Å²) >= 11 is 0. The maximum absolute atomic E-state index is 12.1. The van der Waals surface area contributed by atoms with E-state index in [9.17, 15) is 9.59 Å². The van der Waals surface area contributed by atoms with Gasteiger partial charge in [-0.05, 0) is 12.0 Å². The van der Waals surface area contributed by atoms with Crippen molar-refractivity contribution in [3.05, 3.63) is 47.8 Å². The van der Waals surface area contributed by atoms with Crippen molar-refractivity contribution >= 4 is 17.4 Å². The SMILES string of the molecule is CCCc1ccc(C(=O)CCC(=O)Nc2cnn(C)c2)cc1. The van der Waals surface area contributed by atoms with E-state index in [1.54, 1.807) is 24.1 Å². The molecule has 2 aromatic rings. The van der Waals surface area contributed by atoms with Crippen LogP contribution in [0.3, 0.4) is 0 Å². The minimum atomic E-state index is -0.177. The lowest BCUT2D eigenvalue weighted by Gasteiger charge is -2.04. The van der Waals surface area contributed by atoms with E-state index in [0.717, 1.165) is 12.8 Å². The molecule has 0 bridgehead atoms. The number of aryl methyl sites for hydroxylation is 2. The molecule has 0 aliphatic heterocycles. The quantitative estimate of drug-likeness (QED) is 0.799. The third kappa shape index (κ3) is 4.55. The first-order valence-electron chi connectivity index (χ1n) is 7.49. The van der Waals surface area contributed by atoms with Crippen molar-refractivity contribution in [2.75, 3.05) is 5.32 Å². The number of rotatable bonds is 7. The standard InChI is InChI=1S/C17H21N3O2/c1-3-4-13-5-7-14(8-6-13)16(21)9-10-17(22)19-15-11-18-20(2)12-15/h5-8,11-12H,3-4,9-10H2,1-2H3,(H,19,22). The number of aromatic nitrogens is 2. The van der Waals surface area contributed by atoms with Crippen molar-refractivity contribution in [3.8, 4) is 0 Å². The summed E-state index contributed by atoms with van der Waals surface area (Å²) in [5.41, 5.74) is 2.53. The van der Waals surface area contributed by atoms with Crippen molar-refractivity contribution in [3.63, 3.8) is 0 Å². The molecule has 116 valence electrons. The van der Waals surface area contributed by atoms with Gasteiger partial charge in [0, 0.05) is 31.6 Å². The maximum atomic E-state index is 12.1. The number of nitrogens with zero attached hydrogens (tertiary/aromatic N) is 2. The molecule has 0 saturated carbocycles. The summed E-state index contributed by atoms with van der Waals surface area (Å²) in [5.74, 6) is -0.187. The highest BCUT2D eigenvalue weighted by Gasteiger charge is 2.10. The van der Waals surface area contributed by atoms with Crippen LogP contribution in [0.15, 0.2) is 36.7 Å². The van der Waals surface area contributed by atoms with E-state index in [1.807, 2.05) is 24.3 Å². The van der Waals surface area contributed by atoms with Crippen LogP contribution in [-0.2, 0) is 18.3 Å². The molecule has 0 saturated heterocycles. The normalized spacial score (nSPS) is 10.5. The number of carbonyl (C=O) groups excluding carboxylic acids is 2. The van der Waals surface area contributed by atoms with Gasteiger partial charge in [-0.15, -0.1) is 0 Å². The first kappa shape index (κ1) is 15.9. The van der Waals surface area contributed by atoms with Gasteiger partial charge in [0.25, 0.3) is 0 Å². The minimum absolute atomic E-state index is 0.00983. The summed E-state index contributed by atoms with van der Waals surface area (Å²) in [4.78, 5) is 23.9. The fraction of sp³-hybridized carbons (Fsp3) is 0.353. The summed E-state index contributed by atoms with van der Waals surface area (Å²) in [6.07, 6.45) is 5.77. The van der Waals surface area contributed by atoms with Crippen LogP contribution in [0.5, 0.6) is 0 Å².